The number of benzene rings is 1. The highest BCUT2D eigenvalue weighted by Crippen LogP contribution is 2.43. The standard InChI is InChI=1S/C14H11NO2/c16-13-10-7-4-8-11(10)15-14(17)12(13)9-5-2-1-3-6-9/h1-8,15-17H. The molecule has 0 atom stereocenters. The van der Waals surface area contributed by atoms with Gasteiger partial charge in [0, 0.05) is 5.56 Å². The number of rotatable bonds is 1. The lowest BCUT2D eigenvalue weighted by Crippen LogP contribution is -1.88. The van der Waals surface area contributed by atoms with Crippen LogP contribution < -0.4 is 0 Å². The molecule has 0 bridgehead atoms. The topological polar surface area (TPSA) is 56.2 Å². The van der Waals surface area contributed by atoms with Crippen LogP contribution in [0, 0.1) is 0 Å². The SMILES string of the molecule is Oc1[nH]c2cccc-2c(O)c1-c1ccccc1. The molecule has 1 aromatic carbocycles. The van der Waals surface area contributed by atoms with Crippen molar-refractivity contribution in [2.45, 2.75) is 0 Å². The Bertz CT molecular complexity index is 628. The first kappa shape index (κ1) is 9.78. The van der Waals surface area contributed by atoms with Gasteiger partial charge in [-0.15, -0.1) is 0 Å². The number of pyridine rings is 1. The van der Waals surface area contributed by atoms with Gasteiger partial charge in [0.1, 0.15) is 5.75 Å². The van der Waals surface area contributed by atoms with Crippen LogP contribution in [0.4, 0.5) is 0 Å². The molecule has 3 heteroatoms. The van der Waals surface area contributed by atoms with Gasteiger partial charge in [0.25, 0.3) is 0 Å². The molecule has 1 aliphatic heterocycles. The van der Waals surface area contributed by atoms with Gasteiger partial charge in [0.2, 0.25) is 5.88 Å². The second-order valence-corrected chi connectivity index (χ2v) is 3.92. The number of fused-ring (bicyclic) bond motifs is 1. The van der Waals surface area contributed by atoms with E-state index < -0.39 is 0 Å². The lowest BCUT2D eigenvalue weighted by Gasteiger charge is -2.12. The molecule has 0 unspecified atom stereocenters. The zero-order chi connectivity index (χ0) is 11.8. The molecule has 0 saturated carbocycles. The van der Waals surface area contributed by atoms with E-state index in [4.69, 9.17) is 0 Å². The number of H-pyrrole nitrogens is 1. The summed E-state index contributed by atoms with van der Waals surface area (Å²) in [5, 5.41) is 20.1. The van der Waals surface area contributed by atoms with Gasteiger partial charge in [-0.25, -0.2) is 0 Å². The minimum atomic E-state index is -0.0209. The van der Waals surface area contributed by atoms with E-state index in [2.05, 4.69) is 4.98 Å². The third-order valence-electron chi connectivity index (χ3n) is 2.86. The lowest BCUT2D eigenvalue weighted by molar-refractivity contribution is 0.440. The van der Waals surface area contributed by atoms with Crippen LogP contribution in [0.1, 0.15) is 0 Å². The predicted molar refractivity (Wildman–Crippen MR) is 66.2 cm³/mol. The average Bonchev–Trinajstić information content (AvgIpc) is 2.78. The first-order chi connectivity index (χ1) is 8.27. The van der Waals surface area contributed by atoms with Crippen LogP contribution in [0.3, 0.4) is 0 Å². The molecule has 1 heterocycles. The van der Waals surface area contributed by atoms with Crippen LogP contribution in [-0.2, 0) is 0 Å². The van der Waals surface area contributed by atoms with Gasteiger partial charge >= 0.3 is 0 Å². The largest absolute Gasteiger partial charge is 0.506 e. The van der Waals surface area contributed by atoms with Crippen molar-refractivity contribution in [3.05, 3.63) is 48.5 Å². The molecule has 1 aliphatic carbocycles. The molecule has 0 aromatic heterocycles. The summed E-state index contributed by atoms with van der Waals surface area (Å²) >= 11 is 0. The Labute approximate surface area is 98.3 Å². The van der Waals surface area contributed by atoms with Crippen LogP contribution in [0.5, 0.6) is 11.6 Å². The Morgan fingerprint density at radius 1 is 0.824 bits per heavy atom. The van der Waals surface area contributed by atoms with E-state index in [-0.39, 0.29) is 11.6 Å². The van der Waals surface area contributed by atoms with Crippen molar-refractivity contribution in [1.29, 1.82) is 0 Å². The number of hydrogen-bond acceptors (Lipinski definition) is 2. The Morgan fingerprint density at radius 2 is 1.59 bits per heavy atom. The van der Waals surface area contributed by atoms with E-state index in [1.54, 1.807) is 0 Å². The van der Waals surface area contributed by atoms with Crippen molar-refractivity contribution in [3.63, 3.8) is 0 Å². The number of aromatic nitrogens is 1. The first-order valence-corrected chi connectivity index (χ1v) is 5.35. The lowest BCUT2D eigenvalue weighted by atomic mass is 10.0. The zero-order valence-corrected chi connectivity index (χ0v) is 9.01. The van der Waals surface area contributed by atoms with Gasteiger partial charge in [-0.2, -0.15) is 0 Å². The summed E-state index contributed by atoms with van der Waals surface area (Å²) in [6, 6.07) is 14.8. The van der Waals surface area contributed by atoms with Crippen molar-refractivity contribution < 1.29 is 10.2 Å². The summed E-state index contributed by atoms with van der Waals surface area (Å²) in [6.07, 6.45) is 0. The molecule has 1 aromatic rings. The Morgan fingerprint density at radius 3 is 2.35 bits per heavy atom. The van der Waals surface area contributed by atoms with Crippen LogP contribution in [0.15, 0.2) is 48.5 Å². The summed E-state index contributed by atoms with van der Waals surface area (Å²) < 4.78 is 0. The second kappa shape index (κ2) is 3.56. The van der Waals surface area contributed by atoms with E-state index in [9.17, 15) is 10.2 Å². The monoisotopic (exact) mass is 225 g/mol. The molecule has 3 N–H and O–H groups in total. The highest BCUT2D eigenvalue weighted by Gasteiger charge is 2.18. The molecule has 0 amide bonds. The number of hydrogen-bond donors (Lipinski definition) is 3. The van der Waals surface area contributed by atoms with Crippen LogP contribution in [-0.4, -0.2) is 15.2 Å². The molecule has 0 radical (unpaired) electrons. The summed E-state index contributed by atoms with van der Waals surface area (Å²) in [5.41, 5.74) is 2.65. The summed E-state index contributed by atoms with van der Waals surface area (Å²) in [5.74, 6) is 0.0832. The quantitative estimate of drug-likeness (QED) is 0.595. The smallest absolute Gasteiger partial charge is 0.200 e. The van der Waals surface area contributed by atoms with Crippen LogP contribution in [0.25, 0.3) is 22.4 Å². The Balaban J connectivity index is 2.34. The van der Waals surface area contributed by atoms with Gasteiger partial charge < -0.3 is 15.2 Å². The molecule has 0 fully saturated rings. The molecular formula is C14H11NO2. The van der Waals surface area contributed by atoms with E-state index in [1.165, 1.54) is 0 Å². The molecule has 3 rings (SSSR count). The van der Waals surface area contributed by atoms with Crippen LogP contribution >= 0.6 is 0 Å². The predicted octanol–water partition coefficient (Wildman–Crippen LogP) is 3.20. The van der Waals surface area contributed by atoms with Crippen molar-refractivity contribution in [1.82, 2.24) is 4.98 Å². The fraction of sp³-hybridized carbons (Fsp3) is 0. The number of nitrogens with one attached hydrogen (secondary N) is 1. The van der Waals surface area contributed by atoms with Crippen molar-refractivity contribution in [2.24, 2.45) is 0 Å². The molecule has 0 saturated heterocycles. The maximum absolute atomic E-state index is 10.2. The normalized spacial score (nSPS) is 10.8. The van der Waals surface area contributed by atoms with Gasteiger partial charge in [0.15, 0.2) is 0 Å². The summed E-state index contributed by atoms with van der Waals surface area (Å²) in [7, 11) is 0. The Kier molecular flexibility index (Phi) is 2.05. The van der Waals surface area contributed by atoms with E-state index >= 15 is 0 Å². The van der Waals surface area contributed by atoms with Gasteiger partial charge in [0.05, 0.1) is 11.3 Å². The summed E-state index contributed by atoms with van der Waals surface area (Å²) in [6.45, 7) is 0. The highest BCUT2D eigenvalue weighted by atomic mass is 16.3. The van der Waals surface area contributed by atoms with E-state index in [0.29, 0.717) is 11.1 Å². The molecule has 3 nitrogen and oxygen atoms in total. The third-order valence-corrected chi connectivity index (χ3v) is 2.86. The molecule has 0 spiro atoms. The molecular weight excluding hydrogens is 214 g/mol. The van der Waals surface area contributed by atoms with Crippen molar-refractivity contribution in [2.75, 3.05) is 0 Å². The number of aromatic amines is 1. The molecule has 84 valence electrons. The third kappa shape index (κ3) is 1.44. The fourth-order valence-corrected chi connectivity index (χ4v) is 2.05. The highest BCUT2D eigenvalue weighted by molar-refractivity contribution is 5.85. The maximum atomic E-state index is 10.2. The molecule has 2 aliphatic rings. The number of aromatic hydroxyl groups is 2. The van der Waals surface area contributed by atoms with Crippen LogP contribution in [0.2, 0.25) is 0 Å². The summed E-state index contributed by atoms with van der Waals surface area (Å²) in [4.78, 5) is 2.87. The van der Waals surface area contributed by atoms with Gasteiger partial charge in [-0.05, 0) is 17.7 Å². The zero-order valence-electron chi connectivity index (χ0n) is 9.01. The minimum Gasteiger partial charge on any atom is -0.506 e. The first-order valence-electron chi connectivity index (χ1n) is 5.35. The van der Waals surface area contributed by atoms with Crippen molar-refractivity contribution in [3.8, 4) is 34.0 Å². The van der Waals surface area contributed by atoms with E-state index in [0.717, 1.165) is 11.3 Å². The Hall–Kier alpha value is -2.42. The van der Waals surface area contributed by atoms with E-state index in [1.807, 2.05) is 48.5 Å². The minimum absolute atomic E-state index is 0.0209. The second-order valence-electron chi connectivity index (χ2n) is 3.92. The average molecular weight is 225 g/mol. The maximum Gasteiger partial charge on any atom is 0.200 e. The fourth-order valence-electron chi connectivity index (χ4n) is 2.05. The molecule has 17 heavy (non-hydrogen) atoms. The van der Waals surface area contributed by atoms with Gasteiger partial charge in [-0.3, -0.25) is 0 Å². The van der Waals surface area contributed by atoms with Gasteiger partial charge in [-0.1, -0.05) is 36.4 Å². The van der Waals surface area contributed by atoms with Crippen molar-refractivity contribution >= 4 is 0 Å².